The van der Waals surface area contributed by atoms with Gasteiger partial charge < -0.3 is 10.1 Å². The smallest absolute Gasteiger partial charge is 0.276 e. The lowest BCUT2D eigenvalue weighted by Crippen LogP contribution is -2.32. The molecular formula is C27H25ClFN5O6S. The summed E-state index contributed by atoms with van der Waals surface area (Å²) in [6.07, 6.45) is 0.470. The molecule has 1 atom stereocenters. The SMILES string of the molecule is CCC(C)NS(=O)(=O)c1cc([N+](=O)[O-])ccc1Oc1c(C)c(C(=O)Nc2ccc(F)cc2)nn1-c1cccc(Cl)c1. The van der Waals surface area contributed by atoms with Gasteiger partial charge in [0.05, 0.1) is 10.6 Å². The molecule has 0 fully saturated rings. The Morgan fingerprint density at radius 1 is 1.17 bits per heavy atom. The number of amides is 1. The van der Waals surface area contributed by atoms with Crippen molar-refractivity contribution >= 4 is 38.9 Å². The Balaban J connectivity index is 1.84. The number of nitrogens with one attached hydrogen (secondary N) is 2. The number of hydrogen-bond donors (Lipinski definition) is 2. The monoisotopic (exact) mass is 601 g/mol. The van der Waals surface area contributed by atoms with Gasteiger partial charge in [0.25, 0.3) is 11.6 Å². The summed E-state index contributed by atoms with van der Waals surface area (Å²) in [5, 5.41) is 18.9. The number of carbonyl (C=O) groups is 1. The summed E-state index contributed by atoms with van der Waals surface area (Å²) in [6, 6.07) is 14.3. The van der Waals surface area contributed by atoms with E-state index in [0.717, 1.165) is 18.2 Å². The summed E-state index contributed by atoms with van der Waals surface area (Å²) in [4.78, 5) is 23.5. The Hall–Kier alpha value is -4.33. The van der Waals surface area contributed by atoms with E-state index in [9.17, 15) is 27.7 Å². The van der Waals surface area contributed by atoms with Crippen molar-refractivity contribution in [2.24, 2.45) is 0 Å². The molecule has 4 rings (SSSR count). The molecule has 3 aromatic carbocycles. The number of nitro benzene ring substituents is 1. The number of sulfonamides is 1. The van der Waals surface area contributed by atoms with Crippen LogP contribution in [-0.4, -0.2) is 35.1 Å². The highest BCUT2D eigenvalue weighted by Gasteiger charge is 2.28. The van der Waals surface area contributed by atoms with Crippen LogP contribution >= 0.6 is 11.6 Å². The Morgan fingerprint density at radius 3 is 2.51 bits per heavy atom. The van der Waals surface area contributed by atoms with Gasteiger partial charge in [0, 0.05) is 34.4 Å². The molecule has 0 aliphatic rings. The van der Waals surface area contributed by atoms with Crippen LogP contribution in [0.25, 0.3) is 5.69 Å². The molecule has 11 nitrogen and oxygen atoms in total. The molecule has 2 N–H and O–H groups in total. The second kappa shape index (κ2) is 12.0. The summed E-state index contributed by atoms with van der Waals surface area (Å²) in [5.74, 6) is -1.39. The first kappa shape index (κ1) is 29.6. The van der Waals surface area contributed by atoms with Gasteiger partial charge in [-0.1, -0.05) is 24.6 Å². The normalized spacial score (nSPS) is 12.1. The molecule has 214 valence electrons. The van der Waals surface area contributed by atoms with Crippen LogP contribution < -0.4 is 14.8 Å². The molecule has 0 bridgehead atoms. The number of benzene rings is 3. The van der Waals surface area contributed by atoms with Gasteiger partial charge in [0.1, 0.15) is 16.5 Å². The first-order valence-corrected chi connectivity index (χ1v) is 14.2. The van der Waals surface area contributed by atoms with Gasteiger partial charge in [-0.15, -0.1) is 0 Å². The Kier molecular flexibility index (Phi) is 8.71. The zero-order valence-electron chi connectivity index (χ0n) is 22.1. The van der Waals surface area contributed by atoms with E-state index in [1.54, 1.807) is 45.0 Å². The number of halogens is 2. The lowest BCUT2D eigenvalue weighted by molar-refractivity contribution is -0.385. The number of nitro groups is 1. The Labute approximate surface area is 240 Å². The van der Waals surface area contributed by atoms with Gasteiger partial charge in [-0.3, -0.25) is 14.9 Å². The predicted molar refractivity (Wildman–Crippen MR) is 151 cm³/mol. The average molecular weight is 602 g/mol. The number of hydrogen-bond acceptors (Lipinski definition) is 7. The lowest BCUT2D eigenvalue weighted by atomic mass is 10.2. The van der Waals surface area contributed by atoms with E-state index in [1.807, 2.05) is 0 Å². The van der Waals surface area contributed by atoms with E-state index in [1.165, 1.54) is 28.9 Å². The minimum Gasteiger partial charge on any atom is -0.437 e. The number of ether oxygens (including phenoxy) is 1. The van der Waals surface area contributed by atoms with E-state index < -0.39 is 43.3 Å². The molecule has 0 saturated heterocycles. The van der Waals surface area contributed by atoms with Crippen LogP contribution in [0.3, 0.4) is 0 Å². The second-order valence-corrected chi connectivity index (χ2v) is 11.2. The number of carbonyl (C=O) groups excluding carboxylic acids is 1. The van der Waals surface area contributed by atoms with E-state index in [0.29, 0.717) is 22.8 Å². The zero-order valence-corrected chi connectivity index (χ0v) is 23.7. The van der Waals surface area contributed by atoms with E-state index in [-0.39, 0.29) is 22.9 Å². The highest BCUT2D eigenvalue weighted by Crippen LogP contribution is 2.36. The number of non-ortho nitro benzene ring substituents is 1. The van der Waals surface area contributed by atoms with Crippen molar-refractivity contribution in [2.45, 2.75) is 38.1 Å². The van der Waals surface area contributed by atoms with Gasteiger partial charge in [-0.25, -0.2) is 17.5 Å². The molecule has 1 aromatic heterocycles. The quantitative estimate of drug-likeness (QED) is 0.167. The second-order valence-electron chi connectivity index (χ2n) is 9.05. The van der Waals surface area contributed by atoms with Gasteiger partial charge in [-0.2, -0.15) is 9.78 Å². The Bertz CT molecular complexity index is 1730. The first-order valence-electron chi connectivity index (χ1n) is 12.3. The highest BCUT2D eigenvalue weighted by molar-refractivity contribution is 7.89. The molecule has 0 aliphatic carbocycles. The van der Waals surface area contributed by atoms with Crippen molar-refractivity contribution in [3.8, 4) is 17.3 Å². The highest BCUT2D eigenvalue weighted by atomic mass is 35.5. The van der Waals surface area contributed by atoms with Gasteiger partial charge >= 0.3 is 0 Å². The van der Waals surface area contributed by atoms with E-state index in [4.69, 9.17) is 16.3 Å². The van der Waals surface area contributed by atoms with Crippen LogP contribution in [0.5, 0.6) is 11.6 Å². The molecule has 0 radical (unpaired) electrons. The van der Waals surface area contributed by atoms with Crippen molar-refractivity contribution in [2.75, 3.05) is 5.32 Å². The van der Waals surface area contributed by atoms with Crippen molar-refractivity contribution in [1.29, 1.82) is 0 Å². The van der Waals surface area contributed by atoms with Crippen molar-refractivity contribution in [3.63, 3.8) is 0 Å². The van der Waals surface area contributed by atoms with Crippen LogP contribution in [0.15, 0.2) is 71.6 Å². The summed E-state index contributed by atoms with van der Waals surface area (Å²) in [5.41, 5.74) is 0.395. The minimum absolute atomic E-state index is 0.0367. The van der Waals surface area contributed by atoms with Crippen LogP contribution in [0.1, 0.15) is 36.3 Å². The maximum absolute atomic E-state index is 13.3. The third-order valence-corrected chi connectivity index (χ3v) is 7.89. The third-order valence-electron chi connectivity index (χ3n) is 6.04. The molecule has 4 aromatic rings. The summed E-state index contributed by atoms with van der Waals surface area (Å²) >= 11 is 6.19. The van der Waals surface area contributed by atoms with Crippen molar-refractivity contribution in [1.82, 2.24) is 14.5 Å². The van der Waals surface area contributed by atoms with Crippen LogP contribution in [0, 0.1) is 22.9 Å². The Morgan fingerprint density at radius 2 is 1.88 bits per heavy atom. The maximum atomic E-state index is 13.3. The maximum Gasteiger partial charge on any atom is 0.276 e. The fourth-order valence-corrected chi connectivity index (χ4v) is 5.40. The van der Waals surface area contributed by atoms with Crippen LogP contribution in [-0.2, 0) is 10.0 Å². The topological polar surface area (TPSA) is 145 Å². The minimum atomic E-state index is -4.27. The standard InChI is InChI=1S/C27H25ClFN5O6S/c1-4-16(2)32-41(38,39)24-15-22(34(36)37)12-13-23(24)40-27-17(3)25(26(35)30-20-10-8-19(29)9-11-20)31-33(27)21-7-5-6-18(28)14-21/h5-16,32H,4H2,1-3H3,(H,30,35). The predicted octanol–water partition coefficient (Wildman–Crippen LogP) is 6.00. The van der Waals surface area contributed by atoms with Crippen molar-refractivity contribution < 1.29 is 27.3 Å². The van der Waals surface area contributed by atoms with Crippen LogP contribution in [0.4, 0.5) is 15.8 Å². The fraction of sp³-hybridized carbons (Fsp3) is 0.185. The zero-order chi connectivity index (χ0) is 29.9. The molecule has 0 spiro atoms. The molecule has 1 heterocycles. The molecule has 14 heteroatoms. The molecule has 41 heavy (non-hydrogen) atoms. The average Bonchev–Trinajstić information content (AvgIpc) is 3.25. The number of anilines is 1. The fourth-order valence-electron chi connectivity index (χ4n) is 3.74. The summed E-state index contributed by atoms with van der Waals surface area (Å²) < 4.78 is 49.7. The summed E-state index contributed by atoms with van der Waals surface area (Å²) in [6.45, 7) is 4.98. The molecular weight excluding hydrogens is 577 g/mol. The molecule has 0 aliphatic heterocycles. The first-order chi connectivity index (χ1) is 19.4. The number of rotatable bonds is 10. The van der Waals surface area contributed by atoms with Gasteiger partial charge in [-0.05, 0) is 68.8 Å². The molecule has 0 saturated carbocycles. The third kappa shape index (κ3) is 6.70. The lowest BCUT2D eigenvalue weighted by Gasteiger charge is -2.16. The van der Waals surface area contributed by atoms with Crippen molar-refractivity contribution in [3.05, 3.63) is 98.9 Å². The largest absolute Gasteiger partial charge is 0.437 e. The number of aromatic nitrogens is 2. The molecule has 1 amide bonds. The molecule has 1 unspecified atom stereocenters. The number of nitrogens with zero attached hydrogens (tertiary/aromatic N) is 3. The van der Waals surface area contributed by atoms with E-state index in [2.05, 4.69) is 15.1 Å². The summed E-state index contributed by atoms with van der Waals surface area (Å²) in [7, 11) is -4.27. The van der Waals surface area contributed by atoms with Crippen LogP contribution in [0.2, 0.25) is 5.02 Å². The van der Waals surface area contributed by atoms with Gasteiger partial charge in [0.2, 0.25) is 15.9 Å². The van der Waals surface area contributed by atoms with Gasteiger partial charge in [0.15, 0.2) is 5.69 Å². The van der Waals surface area contributed by atoms with E-state index >= 15 is 0 Å².